The van der Waals surface area contributed by atoms with E-state index in [4.69, 9.17) is 5.73 Å². The minimum atomic E-state index is 0.437. The Morgan fingerprint density at radius 3 is 2.80 bits per heavy atom. The number of nitrogens with two attached hydrogens (primary N) is 1. The Hall–Kier alpha value is -2.40. The Bertz CT molecular complexity index is 814. The predicted octanol–water partition coefficient (Wildman–Crippen LogP) is 2.48. The molecule has 0 aliphatic rings. The lowest BCUT2D eigenvalue weighted by atomic mass is 10.0. The number of aromatic nitrogens is 2. The smallest absolute Gasteiger partial charge is 0.140 e. The number of fused-ring (bicyclic) bond motifs is 1. The Kier molecular flexibility index (Phi) is 3.12. The molecule has 4 nitrogen and oxygen atoms in total. The predicted molar refractivity (Wildman–Crippen MR) is 84.0 cm³/mol. The van der Waals surface area contributed by atoms with Gasteiger partial charge in [-0.25, -0.2) is 9.19 Å². The lowest BCUT2D eigenvalue weighted by Crippen LogP contribution is -1.98. The molecule has 0 saturated heterocycles. The fraction of sp³-hybridized carbons (Fsp3) is 0.0667. The van der Waals surface area contributed by atoms with Crippen molar-refractivity contribution in [3.63, 3.8) is 0 Å². The molecule has 3 N–H and O–H groups in total. The van der Waals surface area contributed by atoms with E-state index in [-0.39, 0.29) is 0 Å². The highest BCUT2D eigenvalue weighted by atomic mass is 32.1. The summed E-state index contributed by atoms with van der Waals surface area (Å²) < 4.78 is 10.7. The zero-order chi connectivity index (χ0) is 14.1. The molecule has 0 bridgehead atoms. The quantitative estimate of drug-likeness (QED) is 0.560. The van der Waals surface area contributed by atoms with Gasteiger partial charge in [0.1, 0.15) is 5.82 Å². The number of benzene rings is 2. The minimum absolute atomic E-state index is 0.437. The third-order valence-corrected chi connectivity index (χ3v) is 3.69. The van der Waals surface area contributed by atoms with Gasteiger partial charge >= 0.3 is 0 Å². The first kappa shape index (κ1) is 12.6. The van der Waals surface area contributed by atoms with E-state index in [1.165, 1.54) is 0 Å². The molecule has 20 heavy (non-hydrogen) atoms. The molecule has 0 fully saturated rings. The first-order chi connectivity index (χ1) is 9.70. The maximum absolute atomic E-state index is 10.7. The standard InChI is InChI=1S/C15H13N3OS/c1-9-10(8-20-19)6-7-11(16)14(9)15-17-12-4-2-3-5-13(12)18-15/h2-8H,16H2,1H3,(H,17,18). The summed E-state index contributed by atoms with van der Waals surface area (Å²) in [7, 11) is 0. The van der Waals surface area contributed by atoms with Gasteiger partial charge in [0.15, 0.2) is 0 Å². The minimum Gasteiger partial charge on any atom is -0.398 e. The second-order valence-electron chi connectivity index (χ2n) is 4.56. The van der Waals surface area contributed by atoms with E-state index in [9.17, 15) is 4.21 Å². The Labute approximate surface area is 119 Å². The van der Waals surface area contributed by atoms with Crippen molar-refractivity contribution in [2.75, 3.05) is 5.73 Å². The van der Waals surface area contributed by atoms with Gasteiger partial charge in [-0.1, -0.05) is 18.2 Å². The van der Waals surface area contributed by atoms with Crippen molar-refractivity contribution in [3.05, 3.63) is 47.5 Å². The molecule has 0 amide bonds. The molecule has 5 heteroatoms. The van der Waals surface area contributed by atoms with Crippen molar-refractivity contribution in [3.8, 4) is 11.4 Å². The second kappa shape index (κ2) is 4.94. The van der Waals surface area contributed by atoms with Crippen molar-refractivity contribution in [1.82, 2.24) is 9.97 Å². The SMILES string of the molecule is Cc1c(C=S=O)ccc(N)c1-c1nc2ccccc2[nH]1. The van der Waals surface area contributed by atoms with Crippen LogP contribution in [0.5, 0.6) is 0 Å². The highest BCUT2D eigenvalue weighted by Crippen LogP contribution is 2.30. The van der Waals surface area contributed by atoms with Gasteiger partial charge < -0.3 is 10.7 Å². The molecule has 0 aliphatic carbocycles. The molecule has 0 spiro atoms. The molecule has 1 heterocycles. The molecule has 100 valence electrons. The largest absolute Gasteiger partial charge is 0.398 e. The van der Waals surface area contributed by atoms with Gasteiger partial charge in [-0.2, -0.15) is 0 Å². The van der Waals surface area contributed by atoms with Crippen molar-refractivity contribution < 1.29 is 4.21 Å². The molecule has 3 aromatic rings. The van der Waals surface area contributed by atoms with E-state index in [2.05, 4.69) is 9.97 Å². The van der Waals surface area contributed by atoms with Gasteiger partial charge in [0.25, 0.3) is 0 Å². The van der Waals surface area contributed by atoms with Crippen LogP contribution in [0.25, 0.3) is 22.4 Å². The molecule has 3 rings (SSSR count). The summed E-state index contributed by atoms with van der Waals surface area (Å²) in [4.78, 5) is 7.84. The summed E-state index contributed by atoms with van der Waals surface area (Å²) in [6.45, 7) is 1.95. The van der Waals surface area contributed by atoms with E-state index in [0.717, 1.165) is 33.5 Å². The van der Waals surface area contributed by atoms with Gasteiger partial charge in [0.2, 0.25) is 0 Å². The maximum atomic E-state index is 10.7. The van der Waals surface area contributed by atoms with Crippen LogP contribution in [0, 0.1) is 6.92 Å². The average molecular weight is 283 g/mol. The fourth-order valence-corrected chi connectivity index (χ4v) is 2.67. The zero-order valence-corrected chi connectivity index (χ0v) is 11.7. The van der Waals surface area contributed by atoms with Gasteiger partial charge in [0.05, 0.1) is 22.3 Å². The van der Waals surface area contributed by atoms with E-state index >= 15 is 0 Å². The molecule has 0 radical (unpaired) electrons. The highest BCUT2D eigenvalue weighted by Gasteiger charge is 2.13. The monoisotopic (exact) mass is 283 g/mol. The fourth-order valence-electron chi connectivity index (χ4n) is 2.31. The number of hydrogen-bond acceptors (Lipinski definition) is 3. The molecule has 0 unspecified atom stereocenters. The van der Waals surface area contributed by atoms with Crippen molar-refractivity contribution >= 4 is 33.3 Å². The van der Waals surface area contributed by atoms with Crippen LogP contribution in [0.2, 0.25) is 0 Å². The summed E-state index contributed by atoms with van der Waals surface area (Å²) in [5, 5.41) is 1.57. The van der Waals surface area contributed by atoms with Crippen LogP contribution >= 0.6 is 0 Å². The molecule has 1 aromatic heterocycles. The first-order valence-electron chi connectivity index (χ1n) is 6.16. The van der Waals surface area contributed by atoms with Crippen LogP contribution in [-0.2, 0) is 11.3 Å². The maximum Gasteiger partial charge on any atom is 0.140 e. The average Bonchev–Trinajstić information content (AvgIpc) is 2.85. The summed E-state index contributed by atoms with van der Waals surface area (Å²) in [6, 6.07) is 11.5. The number of H-pyrrole nitrogens is 1. The summed E-state index contributed by atoms with van der Waals surface area (Å²) >= 11 is 0.437. The number of hydrogen-bond donors (Lipinski definition) is 2. The molecule has 2 aromatic carbocycles. The van der Waals surface area contributed by atoms with E-state index in [1.807, 2.05) is 37.3 Å². The van der Waals surface area contributed by atoms with Crippen LogP contribution in [0.1, 0.15) is 11.1 Å². The van der Waals surface area contributed by atoms with Crippen molar-refractivity contribution in [1.29, 1.82) is 0 Å². The second-order valence-corrected chi connectivity index (χ2v) is 4.99. The number of rotatable bonds is 2. The number of nitrogens with one attached hydrogen (secondary N) is 1. The third kappa shape index (κ3) is 2.02. The number of nitrogens with zero attached hydrogens (tertiary/aromatic N) is 1. The lowest BCUT2D eigenvalue weighted by Gasteiger charge is -2.09. The van der Waals surface area contributed by atoms with E-state index in [1.54, 1.807) is 11.4 Å². The molecule has 0 atom stereocenters. The normalized spacial score (nSPS) is 10.7. The van der Waals surface area contributed by atoms with Crippen molar-refractivity contribution in [2.24, 2.45) is 0 Å². The van der Waals surface area contributed by atoms with Crippen LogP contribution in [0.15, 0.2) is 36.4 Å². The molecule has 0 aliphatic heterocycles. The van der Waals surface area contributed by atoms with E-state index < -0.39 is 0 Å². The number of aromatic amines is 1. The molecular formula is C15H13N3OS. The first-order valence-corrected chi connectivity index (χ1v) is 6.97. The van der Waals surface area contributed by atoms with Crippen LogP contribution in [0.4, 0.5) is 5.69 Å². The van der Waals surface area contributed by atoms with Gasteiger partial charge in [0, 0.05) is 16.6 Å². The lowest BCUT2D eigenvalue weighted by molar-refractivity contribution is 0.701. The summed E-state index contributed by atoms with van der Waals surface area (Å²) in [5.41, 5.74) is 11.3. The zero-order valence-electron chi connectivity index (χ0n) is 10.9. The van der Waals surface area contributed by atoms with Gasteiger partial charge in [-0.15, -0.1) is 0 Å². The number of para-hydroxylation sites is 2. The number of imidazole rings is 1. The van der Waals surface area contributed by atoms with Gasteiger partial charge in [-0.3, -0.25) is 0 Å². The summed E-state index contributed by atoms with van der Waals surface area (Å²) in [5.74, 6) is 0.729. The van der Waals surface area contributed by atoms with Crippen LogP contribution in [-0.4, -0.2) is 19.5 Å². The number of nitrogen functional groups attached to an aromatic ring is 1. The summed E-state index contributed by atoms with van der Waals surface area (Å²) in [6.07, 6.45) is 0. The van der Waals surface area contributed by atoms with Crippen LogP contribution in [0.3, 0.4) is 0 Å². The van der Waals surface area contributed by atoms with E-state index in [0.29, 0.717) is 16.9 Å². The van der Waals surface area contributed by atoms with Crippen molar-refractivity contribution in [2.45, 2.75) is 6.92 Å². The van der Waals surface area contributed by atoms with Gasteiger partial charge in [-0.05, 0) is 36.2 Å². The highest BCUT2D eigenvalue weighted by molar-refractivity contribution is 7.65. The molecule has 0 saturated carbocycles. The third-order valence-electron chi connectivity index (χ3n) is 3.34. The molecular weight excluding hydrogens is 270 g/mol. The Balaban J connectivity index is 2.27. The Morgan fingerprint density at radius 2 is 2.05 bits per heavy atom. The topological polar surface area (TPSA) is 71.8 Å². The Morgan fingerprint density at radius 1 is 1.25 bits per heavy atom. The van der Waals surface area contributed by atoms with Crippen LogP contribution < -0.4 is 5.73 Å². The number of anilines is 1.